The summed E-state index contributed by atoms with van der Waals surface area (Å²) in [6, 6.07) is 6.70. The summed E-state index contributed by atoms with van der Waals surface area (Å²) < 4.78 is 13.8. The lowest BCUT2D eigenvalue weighted by molar-refractivity contribution is 0.209. The van der Waals surface area contributed by atoms with Gasteiger partial charge in [0.25, 0.3) is 5.97 Å². The monoisotopic (exact) mass is 231 g/mol. The van der Waals surface area contributed by atoms with E-state index < -0.39 is 5.97 Å². The molecule has 0 aromatic heterocycles. The van der Waals surface area contributed by atoms with Crippen LogP contribution >= 0.6 is 15.9 Å². The molecule has 0 unspecified atom stereocenters. The number of hydrogen-bond donors (Lipinski definition) is 0. The Labute approximate surface area is 78.2 Å². The molecule has 1 aromatic carbocycles. The molecule has 0 amide bonds. The van der Waals surface area contributed by atoms with Gasteiger partial charge in [-0.2, -0.15) is 4.39 Å². The Hall–Kier alpha value is -0.900. The summed E-state index contributed by atoms with van der Waals surface area (Å²) in [6.07, 6.45) is 0. The average Bonchev–Trinajstić information content (AvgIpc) is 2.06. The largest absolute Gasteiger partial charge is 0.397 e. The van der Waals surface area contributed by atoms with E-state index in [0.717, 1.165) is 4.47 Å². The minimum Gasteiger partial charge on any atom is -0.397 e. The highest BCUT2D eigenvalue weighted by Gasteiger charge is 2.00. The van der Waals surface area contributed by atoms with Crippen LogP contribution in [0, 0.1) is 0 Å². The molecular weight excluding hydrogens is 225 g/mol. The zero-order valence-electron chi connectivity index (χ0n) is 6.42. The Morgan fingerprint density at radius 2 is 2.00 bits per heavy atom. The minimum atomic E-state index is -0.620. The second kappa shape index (κ2) is 4.21. The molecule has 4 heteroatoms. The van der Waals surface area contributed by atoms with E-state index >= 15 is 0 Å². The highest BCUT2D eigenvalue weighted by Crippen LogP contribution is 2.11. The van der Waals surface area contributed by atoms with Crippen LogP contribution in [-0.2, 0) is 4.84 Å². The summed E-state index contributed by atoms with van der Waals surface area (Å²) in [5, 5.41) is 3.16. The van der Waals surface area contributed by atoms with Crippen molar-refractivity contribution in [3.8, 4) is 0 Å². The number of oxime groups is 1. The summed E-state index contributed by atoms with van der Waals surface area (Å²) in [5.74, 6) is -0.620. The van der Waals surface area contributed by atoms with Crippen LogP contribution in [0.2, 0.25) is 0 Å². The molecule has 12 heavy (non-hydrogen) atoms. The van der Waals surface area contributed by atoms with E-state index in [4.69, 9.17) is 0 Å². The molecule has 0 radical (unpaired) electrons. The van der Waals surface area contributed by atoms with Gasteiger partial charge in [-0.15, -0.1) is 0 Å². The molecular formula is C8H7BrFNO. The predicted molar refractivity (Wildman–Crippen MR) is 48.8 cm³/mol. The van der Waals surface area contributed by atoms with Crippen molar-refractivity contribution in [2.45, 2.75) is 0 Å². The van der Waals surface area contributed by atoms with Gasteiger partial charge in [0.1, 0.15) is 7.11 Å². The summed E-state index contributed by atoms with van der Waals surface area (Å²) in [4.78, 5) is 4.29. The molecule has 0 bridgehead atoms. The van der Waals surface area contributed by atoms with Gasteiger partial charge in [0.05, 0.1) is 0 Å². The predicted octanol–water partition coefficient (Wildman–Crippen LogP) is 2.73. The van der Waals surface area contributed by atoms with Gasteiger partial charge in [-0.05, 0) is 24.3 Å². The van der Waals surface area contributed by atoms with Gasteiger partial charge in [-0.1, -0.05) is 21.1 Å². The van der Waals surface area contributed by atoms with Gasteiger partial charge in [0.2, 0.25) is 0 Å². The van der Waals surface area contributed by atoms with Crippen molar-refractivity contribution in [1.82, 2.24) is 0 Å². The van der Waals surface area contributed by atoms with Crippen LogP contribution in [0.5, 0.6) is 0 Å². The second-order valence-corrected chi connectivity index (χ2v) is 2.99. The van der Waals surface area contributed by atoms with Crippen molar-refractivity contribution in [1.29, 1.82) is 0 Å². The number of hydrogen-bond acceptors (Lipinski definition) is 2. The van der Waals surface area contributed by atoms with Crippen LogP contribution in [0.15, 0.2) is 33.9 Å². The van der Waals surface area contributed by atoms with Gasteiger partial charge < -0.3 is 4.84 Å². The van der Waals surface area contributed by atoms with E-state index in [2.05, 4.69) is 25.9 Å². The van der Waals surface area contributed by atoms with E-state index in [1.54, 1.807) is 24.3 Å². The van der Waals surface area contributed by atoms with Crippen LogP contribution in [0.3, 0.4) is 0 Å². The smallest absolute Gasteiger partial charge is 0.256 e. The van der Waals surface area contributed by atoms with Gasteiger partial charge in [0.15, 0.2) is 0 Å². The van der Waals surface area contributed by atoms with Crippen molar-refractivity contribution in [3.63, 3.8) is 0 Å². The van der Waals surface area contributed by atoms with Crippen LogP contribution in [0.25, 0.3) is 0 Å². The van der Waals surface area contributed by atoms with Crippen LogP contribution in [-0.4, -0.2) is 13.1 Å². The average molecular weight is 232 g/mol. The SMILES string of the molecule is CO/N=C(/F)c1ccc(Br)cc1. The number of rotatable bonds is 2. The van der Waals surface area contributed by atoms with Crippen molar-refractivity contribution < 1.29 is 9.23 Å². The van der Waals surface area contributed by atoms with E-state index in [1.165, 1.54) is 7.11 Å². The van der Waals surface area contributed by atoms with E-state index in [0.29, 0.717) is 5.56 Å². The Balaban J connectivity index is 2.89. The maximum atomic E-state index is 12.9. The molecule has 0 heterocycles. The summed E-state index contributed by atoms with van der Waals surface area (Å²) in [7, 11) is 1.30. The molecule has 2 nitrogen and oxygen atoms in total. The molecule has 0 spiro atoms. The molecule has 0 fully saturated rings. The highest BCUT2D eigenvalue weighted by atomic mass is 79.9. The molecule has 64 valence electrons. The molecule has 0 saturated carbocycles. The quantitative estimate of drug-likeness (QED) is 0.567. The van der Waals surface area contributed by atoms with Crippen LogP contribution in [0.4, 0.5) is 4.39 Å². The van der Waals surface area contributed by atoms with Crippen LogP contribution < -0.4 is 0 Å². The molecule has 1 rings (SSSR count). The first-order valence-electron chi connectivity index (χ1n) is 3.26. The lowest BCUT2D eigenvalue weighted by Gasteiger charge is -1.95. The van der Waals surface area contributed by atoms with Crippen LogP contribution in [0.1, 0.15) is 5.56 Å². The van der Waals surface area contributed by atoms with Gasteiger partial charge in [0, 0.05) is 10.0 Å². The van der Waals surface area contributed by atoms with Gasteiger partial charge >= 0.3 is 0 Å². The van der Waals surface area contributed by atoms with Crippen molar-refractivity contribution in [2.75, 3.05) is 7.11 Å². The van der Waals surface area contributed by atoms with Gasteiger partial charge in [-0.25, -0.2) is 0 Å². The second-order valence-electron chi connectivity index (χ2n) is 2.07. The normalized spacial score (nSPS) is 11.4. The summed E-state index contributed by atoms with van der Waals surface area (Å²) in [5.41, 5.74) is 0.403. The fraction of sp³-hybridized carbons (Fsp3) is 0.125. The van der Waals surface area contributed by atoms with Crippen molar-refractivity contribution in [2.24, 2.45) is 5.16 Å². The number of benzene rings is 1. The first-order chi connectivity index (χ1) is 5.74. The zero-order chi connectivity index (χ0) is 8.97. The highest BCUT2D eigenvalue weighted by molar-refractivity contribution is 9.10. The van der Waals surface area contributed by atoms with E-state index in [9.17, 15) is 4.39 Å². The Morgan fingerprint density at radius 3 is 2.50 bits per heavy atom. The van der Waals surface area contributed by atoms with E-state index in [1.807, 2.05) is 0 Å². The topological polar surface area (TPSA) is 21.6 Å². The van der Waals surface area contributed by atoms with Crippen molar-refractivity contribution >= 4 is 21.9 Å². The molecule has 0 saturated heterocycles. The molecule has 0 atom stereocenters. The van der Waals surface area contributed by atoms with E-state index in [-0.39, 0.29) is 0 Å². The third kappa shape index (κ3) is 2.30. The third-order valence-corrected chi connectivity index (χ3v) is 1.78. The molecule has 0 aliphatic rings. The maximum absolute atomic E-state index is 12.9. The lowest BCUT2D eigenvalue weighted by atomic mass is 10.2. The van der Waals surface area contributed by atoms with Gasteiger partial charge in [-0.3, -0.25) is 0 Å². The summed E-state index contributed by atoms with van der Waals surface area (Å²) >= 11 is 3.24. The Kier molecular flexibility index (Phi) is 3.22. The Morgan fingerprint density at radius 1 is 1.42 bits per heavy atom. The lowest BCUT2D eigenvalue weighted by Crippen LogP contribution is -1.92. The van der Waals surface area contributed by atoms with Crippen molar-refractivity contribution in [3.05, 3.63) is 34.3 Å². The Bertz CT molecular complexity index is 284. The first kappa shape index (κ1) is 9.19. The number of halogens is 2. The standard InChI is InChI=1S/C8H7BrFNO/c1-12-11-8(10)6-2-4-7(9)5-3-6/h2-5H,1H3/b11-8+. The molecule has 0 N–H and O–H groups in total. The number of nitrogens with zero attached hydrogens (tertiary/aromatic N) is 1. The first-order valence-corrected chi connectivity index (χ1v) is 4.06. The fourth-order valence-electron chi connectivity index (χ4n) is 0.720. The fourth-order valence-corrected chi connectivity index (χ4v) is 0.985. The molecule has 0 aliphatic carbocycles. The maximum Gasteiger partial charge on any atom is 0.256 e. The molecule has 1 aromatic rings. The summed E-state index contributed by atoms with van der Waals surface area (Å²) in [6.45, 7) is 0. The minimum absolute atomic E-state index is 0.403. The third-order valence-electron chi connectivity index (χ3n) is 1.25. The zero-order valence-corrected chi connectivity index (χ0v) is 8.01. The molecule has 0 aliphatic heterocycles.